The molecule has 0 fully saturated rings. The third kappa shape index (κ3) is 3.04. The van der Waals surface area contributed by atoms with E-state index in [1.54, 1.807) is 0 Å². The summed E-state index contributed by atoms with van der Waals surface area (Å²) in [7, 11) is 0. The molecule has 3 aromatic heterocycles. The van der Waals surface area contributed by atoms with Gasteiger partial charge in [-0.1, -0.05) is 6.07 Å². The number of thiophene rings is 1. The summed E-state index contributed by atoms with van der Waals surface area (Å²) in [5.74, 6) is 0.701. The Kier molecular flexibility index (Phi) is 4.03. The van der Waals surface area contributed by atoms with Crippen molar-refractivity contribution in [1.29, 1.82) is 0 Å². The van der Waals surface area contributed by atoms with Crippen LogP contribution in [0.5, 0.6) is 5.75 Å². The van der Waals surface area contributed by atoms with Crippen molar-refractivity contribution in [1.82, 2.24) is 14.5 Å². The second-order valence-electron chi connectivity index (χ2n) is 5.94. The van der Waals surface area contributed by atoms with Crippen LogP contribution in [-0.2, 0) is 6.54 Å². The predicted molar refractivity (Wildman–Crippen MR) is 98.4 cm³/mol. The lowest BCUT2D eigenvalue weighted by atomic mass is 10.2. The normalized spacial score (nSPS) is 12.7. The highest BCUT2D eigenvalue weighted by atomic mass is 32.1. The lowest BCUT2D eigenvalue weighted by molar-refractivity contribution is 0.0922. The summed E-state index contributed by atoms with van der Waals surface area (Å²) in [6, 6.07) is 9.47. The molecule has 1 aromatic carbocycles. The number of aromatic amines is 1. The average Bonchev–Trinajstić information content (AvgIpc) is 3.22. The molecule has 0 spiro atoms. The van der Waals surface area contributed by atoms with E-state index >= 15 is 0 Å². The van der Waals surface area contributed by atoms with Crippen LogP contribution < -0.4 is 10.3 Å². The van der Waals surface area contributed by atoms with E-state index in [0.29, 0.717) is 11.1 Å². The maximum atomic E-state index is 12.5. The Morgan fingerprint density at radius 1 is 1.36 bits per heavy atom. The summed E-state index contributed by atoms with van der Waals surface area (Å²) in [4.78, 5) is 21.6. The Hall–Kier alpha value is -2.64. The number of hydrogen-bond donors (Lipinski definition) is 2. The molecule has 0 saturated carbocycles. The number of aliphatic hydroxyl groups excluding tert-OH is 1. The molecule has 0 aliphatic carbocycles. The van der Waals surface area contributed by atoms with Gasteiger partial charge in [-0.05, 0) is 31.2 Å². The van der Waals surface area contributed by atoms with E-state index in [2.05, 4.69) is 9.97 Å². The van der Waals surface area contributed by atoms with Gasteiger partial charge in [-0.25, -0.2) is 4.98 Å². The number of nitrogens with zero attached hydrogens (tertiary/aromatic N) is 2. The molecule has 0 bridgehead atoms. The maximum Gasteiger partial charge on any atom is 0.262 e. The van der Waals surface area contributed by atoms with Gasteiger partial charge in [0.25, 0.3) is 5.56 Å². The van der Waals surface area contributed by atoms with Crippen LogP contribution in [-0.4, -0.2) is 32.4 Å². The molecular formula is C18H17N3O3S. The fourth-order valence-corrected chi connectivity index (χ4v) is 3.70. The van der Waals surface area contributed by atoms with E-state index in [1.165, 1.54) is 22.2 Å². The minimum absolute atomic E-state index is 0.0947. The molecule has 0 aliphatic heterocycles. The third-order valence-electron chi connectivity index (χ3n) is 4.03. The smallest absolute Gasteiger partial charge is 0.262 e. The Morgan fingerprint density at radius 2 is 2.24 bits per heavy atom. The highest BCUT2D eigenvalue weighted by Crippen LogP contribution is 2.24. The van der Waals surface area contributed by atoms with Crippen LogP contribution in [0.2, 0.25) is 0 Å². The lowest BCUT2D eigenvalue weighted by Gasteiger charge is -2.14. The number of benzene rings is 1. The fourth-order valence-electron chi connectivity index (χ4n) is 2.86. The van der Waals surface area contributed by atoms with Crippen molar-refractivity contribution in [3.8, 4) is 5.75 Å². The lowest BCUT2D eigenvalue weighted by Crippen LogP contribution is -2.30. The molecule has 4 aromatic rings. The van der Waals surface area contributed by atoms with E-state index in [4.69, 9.17) is 4.74 Å². The van der Waals surface area contributed by atoms with Crippen molar-refractivity contribution in [2.75, 3.05) is 6.61 Å². The third-order valence-corrected chi connectivity index (χ3v) is 4.99. The minimum Gasteiger partial charge on any atom is -0.490 e. The fraction of sp³-hybridized carbons (Fsp3) is 0.222. The van der Waals surface area contributed by atoms with Gasteiger partial charge in [-0.3, -0.25) is 9.36 Å². The maximum absolute atomic E-state index is 12.5. The van der Waals surface area contributed by atoms with Crippen LogP contribution >= 0.6 is 11.3 Å². The summed E-state index contributed by atoms with van der Waals surface area (Å²) in [5, 5.41) is 11.8. The van der Waals surface area contributed by atoms with Crippen LogP contribution in [0.1, 0.15) is 4.88 Å². The molecule has 128 valence electrons. The molecule has 0 unspecified atom stereocenters. The van der Waals surface area contributed by atoms with Crippen LogP contribution in [0.25, 0.3) is 21.1 Å². The van der Waals surface area contributed by atoms with Gasteiger partial charge in [0.2, 0.25) is 0 Å². The summed E-state index contributed by atoms with van der Waals surface area (Å²) < 4.78 is 7.17. The summed E-state index contributed by atoms with van der Waals surface area (Å²) >= 11 is 1.49. The second kappa shape index (κ2) is 6.34. The van der Waals surface area contributed by atoms with Gasteiger partial charge in [0.15, 0.2) is 0 Å². The highest BCUT2D eigenvalue weighted by Gasteiger charge is 2.12. The molecule has 7 heteroatoms. The molecule has 0 radical (unpaired) electrons. The van der Waals surface area contributed by atoms with Gasteiger partial charge < -0.3 is 14.8 Å². The van der Waals surface area contributed by atoms with Crippen molar-refractivity contribution in [2.24, 2.45) is 0 Å². The number of hydrogen-bond acceptors (Lipinski definition) is 5. The minimum atomic E-state index is -0.814. The van der Waals surface area contributed by atoms with E-state index in [9.17, 15) is 9.90 Å². The number of fused-ring (bicyclic) bond motifs is 2. The first kappa shape index (κ1) is 15.9. The number of nitrogens with one attached hydrogen (secondary N) is 1. The van der Waals surface area contributed by atoms with Crippen molar-refractivity contribution < 1.29 is 9.84 Å². The first-order chi connectivity index (χ1) is 12.1. The van der Waals surface area contributed by atoms with Gasteiger partial charge >= 0.3 is 0 Å². The monoisotopic (exact) mass is 355 g/mol. The molecule has 6 nitrogen and oxygen atoms in total. The van der Waals surface area contributed by atoms with E-state index in [0.717, 1.165) is 20.6 Å². The molecule has 0 aliphatic rings. The van der Waals surface area contributed by atoms with Crippen LogP contribution in [0.3, 0.4) is 0 Å². The molecule has 2 N–H and O–H groups in total. The number of H-pyrrole nitrogens is 1. The van der Waals surface area contributed by atoms with Crippen molar-refractivity contribution >= 4 is 32.5 Å². The van der Waals surface area contributed by atoms with Crippen LogP contribution in [0, 0.1) is 6.92 Å². The van der Waals surface area contributed by atoms with E-state index in [1.807, 2.05) is 43.5 Å². The molecule has 1 atom stereocenters. The van der Waals surface area contributed by atoms with E-state index < -0.39 is 6.10 Å². The Balaban J connectivity index is 1.49. The average molecular weight is 355 g/mol. The molecule has 0 saturated heterocycles. The van der Waals surface area contributed by atoms with Crippen molar-refractivity contribution in [3.63, 3.8) is 0 Å². The van der Waals surface area contributed by atoms with E-state index in [-0.39, 0.29) is 18.7 Å². The summed E-state index contributed by atoms with van der Waals surface area (Å²) in [6.45, 7) is 2.18. The predicted octanol–water partition coefficient (Wildman–Crippen LogP) is 2.69. The van der Waals surface area contributed by atoms with Crippen molar-refractivity contribution in [3.05, 3.63) is 58.1 Å². The zero-order valence-electron chi connectivity index (χ0n) is 13.6. The quantitative estimate of drug-likeness (QED) is 0.577. The number of rotatable bonds is 5. The Labute approximate surface area is 147 Å². The summed E-state index contributed by atoms with van der Waals surface area (Å²) in [6.07, 6.45) is 2.51. The molecule has 4 rings (SSSR count). The summed E-state index contributed by atoms with van der Waals surface area (Å²) in [5.41, 5.74) is 0.840. The first-order valence-electron chi connectivity index (χ1n) is 7.94. The number of aliphatic hydroxyl groups is 1. The second-order valence-corrected chi connectivity index (χ2v) is 7.17. The van der Waals surface area contributed by atoms with Crippen LogP contribution in [0.15, 0.2) is 47.7 Å². The SMILES string of the molecule is Cc1cc2c(=O)n(C[C@@H](O)COc3cccc4[nH]ccc34)cnc2s1. The van der Waals surface area contributed by atoms with Gasteiger partial charge in [-0.15, -0.1) is 11.3 Å². The zero-order chi connectivity index (χ0) is 17.4. The van der Waals surface area contributed by atoms with Gasteiger partial charge in [0.05, 0.1) is 18.3 Å². The first-order valence-corrected chi connectivity index (χ1v) is 8.76. The Bertz CT molecular complexity index is 1100. The number of ether oxygens (including phenoxy) is 1. The largest absolute Gasteiger partial charge is 0.490 e. The topological polar surface area (TPSA) is 80.1 Å². The Morgan fingerprint density at radius 3 is 3.12 bits per heavy atom. The number of aromatic nitrogens is 3. The standard InChI is InChI=1S/C18H17N3O3S/c1-11-7-14-17(25-11)20-10-21(18(14)23)8-12(22)9-24-16-4-2-3-15-13(16)5-6-19-15/h2-7,10,12,19,22H,8-9H2,1H3/t12-/m1/s1. The molecule has 25 heavy (non-hydrogen) atoms. The zero-order valence-corrected chi connectivity index (χ0v) is 14.4. The van der Waals surface area contributed by atoms with Gasteiger partial charge in [0, 0.05) is 22.0 Å². The van der Waals surface area contributed by atoms with Crippen molar-refractivity contribution in [2.45, 2.75) is 19.6 Å². The highest BCUT2D eigenvalue weighted by molar-refractivity contribution is 7.18. The van der Waals surface area contributed by atoms with Gasteiger partial charge in [-0.2, -0.15) is 0 Å². The molecule has 0 amide bonds. The van der Waals surface area contributed by atoms with Crippen LogP contribution in [0.4, 0.5) is 0 Å². The molecular weight excluding hydrogens is 338 g/mol. The molecule has 3 heterocycles. The van der Waals surface area contributed by atoms with Gasteiger partial charge in [0.1, 0.15) is 23.3 Å². The number of aryl methyl sites for hydroxylation is 1.